The summed E-state index contributed by atoms with van der Waals surface area (Å²) in [6, 6.07) is 40.5. The molecule has 0 aromatic heterocycles. The third kappa shape index (κ3) is 5.51. The van der Waals surface area contributed by atoms with Gasteiger partial charge in [-0.15, -0.1) is 0 Å². The number of esters is 1. The molecule has 4 aromatic rings. The van der Waals surface area contributed by atoms with Crippen LogP contribution in [-0.2, 0) is 16.0 Å². The first-order chi connectivity index (χ1) is 17.8. The standard InChI is InChI=1S/C32H34BrO3P/c1-4-35-31(34)32(2,3)36-27-22-20-26(21-23-27)24-25-37(33,28-14-8-5-9-15-28,29-16-10-6-11-17-29)30-18-12-7-13-19-30/h5-23H,4,24-25H2,1-3H3. The van der Waals surface area contributed by atoms with Gasteiger partial charge in [0, 0.05) is 0 Å². The number of carbonyl (C=O) groups is 1. The van der Waals surface area contributed by atoms with E-state index in [1.54, 1.807) is 20.8 Å². The van der Waals surface area contributed by atoms with Crippen LogP contribution in [0.4, 0.5) is 0 Å². The van der Waals surface area contributed by atoms with Gasteiger partial charge in [0.15, 0.2) is 0 Å². The van der Waals surface area contributed by atoms with Crippen molar-refractivity contribution in [3.8, 4) is 5.75 Å². The molecule has 4 rings (SSSR count). The number of carbonyl (C=O) groups excluding carboxylic acids is 1. The van der Waals surface area contributed by atoms with Crippen molar-refractivity contribution in [2.45, 2.75) is 32.8 Å². The van der Waals surface area contributed by atoms with Crippen LogP contribution in [0, 0.1) is 0 Å². The van der Waals surface area contributed by atoms with Crippen LogP contribution in [-0.4, -0.2) is 24.3 Å². The number of halogens is 1. The molecule has 0 amide bonds. The number of rotatable bonds is 10. The van der Waals surface area contributed by atoms with E-state index in [0.717, 1.165) is 12.6 Å². The van der Waals surface area contributed by atoms with Crippen molar-refractivity contribution >= 4 is 42.7 Å². The molecule has 0 atom stereocenters. The zero-order chi connectivity index (χ0) is 26.4. The van der Waals surface area contributed by atoms with Gasteiger partial charge >= 0.3 is 229 Å². The van der Waals surface area contributed by atoms with Crippen molar-refractivity contribution in [1.82, 2.24) is 0 Å². The minimum absolute atomic E-state index is 0.327. The van der Waals surface area contributed by atoms with Gasteiger partial charge < -0.3 is 0 Å². The van der Waals surface area contributed by atoms with Gasteiger partial charge in [0.2, 0.25) is 0 Å². The van der Waals surface area contributed by atoms with E-state index in [9.17, 15) is 4.79 Å². The van der Waals surface area contributed by atoms with Gasteiger partial charge in [-0.1, -0.05) is 0 Å². The Bertz CT molecular complexity index is 1210. The molecule has 192 valence electrons. The summed E-state index contributed by atoms with van der Waals surface area (Å²) in [4.78, 5) is 12.2. The molecule has 0 unspecified atom stereocenters. The fraction of sp³-hybridized carbons (Fsp3) is 0.219. The van der Waals surface area contributed by atoms with Crippen molar-refractivity contribution in [1.29, 1.82) is 0 Å². The zero-order valence-electron chi connectivity index (χ0n) is 21.6. The number of aryl methyl sites for hydroxylation is 1. The van der Waals surface area contributed by atoms with Crippen LogP contribution in [0.5, 0.6) is 5.75 Å². The van der Waals surface area contributed by atoms with E-state index in [-0.39, 0.29) is 5.97 Å². The first kappa shape index (κ1) is 27.1. The molecule has 0 aliphatic carbocycles. The number of hydrogen-bond donors (Lipinski definition) is 0. The second-order valence-corrected chi connectivity index (χ2v) is 18.7. The second kappa shape index (κ2) is 11.2. The Balaban J connectivity index is 1.70. The topological polar surface area (TPSA) is 35.5 Å². The summed E-state index contributed by atoms with van der Waals surface area (Å²) in [7, 11) is 0. The predicted molar refractivity (Wildman–Crippen MR) is 160 cm³/mol. The SMILES string of the molecule is CCOC(=O)C(C)(C)Oc1ccc(CCP(Br)(c2ccccc2)(c2ccccc2)c2ccccc2)cc1. The molecule has 3 nitrogen and oxygen atoms in total. The molecule has 0 radical (unpaired) electrons. The van der Waals surface area contributed by atoms with Crippen molar-refractivity contribution in [2.75, 3.05) is 12.8 Å². The summed E-state index contributed by atoms with van der Waals surface area (Å²) < 4.78 is 11.1. The van der Waals surface area contributed by atoms with E-state index in [4.69, 9.17) is 9.47 Å². The first-order valence-corrected chi connectivity index (χ1v) is 17.1. The van der Waals surface area contributed by atoms with E-state index >= 15 is 0 Å². The normalized spacial score (nSPS) is 12.8. The molecule has 0 spiro atoms. The Hall–Kier alpha value is -2.94. The summed E-state index contributed by atoms with van der Waals surface area (Å²) in [6.45, 7) is 5.58. The van der Waals surface area contributed by atoms with Crippen LogP contribution < -0.4 is 20.7 Å². The summed E-state index contributed by atoms with van der Waals surface area (Å²) in [6.07, 6.45) is 1.78. The molecule has 0 saturated carbocycles. The van der Waals surface area contributed by atoms with Gasteiger partial charge in [0.05, 0.1) is 0 Å². The Labute approximate surface area is 228 Å². The third-order valence-corrected chi connectivity index (χ3v) is 16.7. The van der Waals surface area contributed by atoms with Crippen molar-refractivity contribution in [2.24, 2.45) is 0 Å². The van der Waals surface area contributed by atoms with Crippen LogP contribution in [0.3, 0.4) is 0 Å². The summed E-state index contributed by atoms with van der Waals surface area (Å²) in [5.74, 6) is 0.275. The molecule has 5 heteroatoms. The van der Waals surface area contributed by atoms with Crippen LogP contribution in [0.1, 0.15) is 26.3 Å². The Morgan fingerprint density at radius 2 is 1.16 bits per heavy atom. The van der Waals surface area contributed by atoms with E-state index in [0.29, 0.717) is 12.4 Å². The van der Waals surface area contributed by atoms with Crippen LogP contribution in [0.2, 0.25) is 0 Å². The summed E-state index contributed by atoms with van der Waals surface area (Å²) >= 11 is 4.51. The number of hydrogen-bond acceptors (Lipinski definition) is 3. The fourth-order valence-electron chi connectivity index (χ4n) is 4.76. The zero-order valence-corrected chi connectivity index (χ0v) is 24.1. The van der Waals surface area contributed by atoms with Gasteiger partial charge in [-0.25, -0.2) is 0 Å². The number of ether oxygens (including phenoxy) is 2. The van der Waals surface area contributed by atoms with Crippen LogP contribution >= 0.6 is 20.8 Å². The van der Waals surface area contributed by atoms with Gasteiger partial charge in [-0.05, 0) is 0 Å². The maximum atomic E-state index is 12.2. The maximum absolute atomic E-state index is 12.2. The third-order valence-electron chi connectivity index (χ3n) is 6.77. The van der Waals surface area contributed by atoms with Crippen molar-refractivity contribution < 1.29 is 14.3 Å². The van der Waals surface area contributed by atoms with Crippen LogP contribution in [0.15, 0.2) is 115 Å². The minimum atomic E-state index is -2.98. The molecule has 0 saturated heterocycles. The Morgan fingerprint density at radius 3 is 1.57 bits per heavy atom. The van der Waals surface area contributed by atoms with Crippen LogP contribution in [0.25, 0.3) is 0 Å². The first-order valence-electron chi connectivity index (χ1n) is 12.6. The van der Waals surface area contributed by atoms with Crippen molar-refractivity contribution in [3.05, 3.63) is 121 Å². The number of benzene rings is 4. The molecule has 0 heterocycles. The molecule has 0 fully saturated rings. The summed E-state index contributed by atoms with van der Waals surface area (Å²) in [5.41, 5.74) is 0.157. The van der Waals surface area contributed by atoms with E-state index in [2.05, 4.69) is 119 Å². The molecular weight excluding hydrogens is 543 g/mol. The van der Waals surface area contributed by atoms with Gasteiger partial charge in [-0.3, -0.25) is 0 Å². The molecular formula is C32H34BrO3P. The molecule has 0 bridgehead atoms. The molecule has 37 heavy (non-hydrogen) atoms. The molecule has 0 aliphatic heterocycles. The fourth-order valence-corrected chi connectivity index (χ4v) is 12.1. The average molecular weight is 577 g/mol. The van der Waals surface area contributed by atoms with E-state index < -0.39 is 10.9 Å². The Morgan fingerprint density at radius 1 is 0.730 bits per heavy atom. The van der Waals surface area contributed by atoms with E-state index in [1.165, 1.54) is 21.5 Å². The quantitative estimate of drug-likeness (QED) is 0.154. The predicted octanol–water partition coefficient (Wildman–Crippen LogP) is 6.79. The summed E-state index contributed by atoms with van der Waals surface area (Å²) in [5, 5.41) is 0.942. The van der Waals surface area contributed by atoms with Gasteiger partial charge in [0.1, 0.15) is 0 Å². The van der Waals surface area contributed by atoms with Gasteiger partial charge in [0.25, 0.3) is 0 Å². The average Bonchev–Trinajstić information content (AvgIpc) is 2.94. The molecule has 0 aliphatic rings. The Kier molecular flexibility index (Phi) is 8.21. The second-order valence-electron chi connectivity index (χ2n) is 9.64. The molecule has 4 aromatic carbocycles. The van der Waals surface area contributed by atoms with Crippen molar-refractivity contribution in [3.63, 3.8) is 0 Å². The van der Waals surface area contributed by atoms with E-state index in [1.807, 2.05) is 12.1 Å². The monoisotopic (exact) mass is 576 g/mol. The molecule has 0 N–H and O–H groups in total. The van der Waals surface area contributed by atoms with Gasteiger partial charge in [-0.2, -0.15) is 0 Å².